The minimum absolute atomic E-state index is 0.790. The molecule has 3 heteroatoms. The van der Waals surface area contributed by atoms with Gasteiger partial charge in [0.05, 0.1) is 11.0 Å². The number of fused-ring (bicyclic) bond motifs is 3. The van der Waals surface area contributed by atoms with Crippen molar-refractivity contribution in [1.82, 2.24) is 4.57 Å². The van der Waals surface area contributed by atoms with E-state index in [-0.39, 0.29) is 0 Å². The largest absolute Gasteiger partial charge is 0.309 e. The van der Waals surface area contributed by atoms with E-state index < -0.39 is 0 Å². The van der Waals surface area contributed by atoms with Crippen LogP contribution in [0.2, 0.25) is 0 Å². The van der Waals surface area contributed by atoms with Gasteiger partial charge in [-0.25, -0.2) is 0 Å². The number of thiophene rings is 1. The van der Waals surface area contributed by atoms with E-state index in [1.54, 1.807) is 0 Å². The Hall–Kier alpha value is -3.56. The van der Waals surface area contributed by atoms with Gasteiger partial charge in [0, 0.05) is 26.2 Å². The van der Waals surface area contributed by atoms with Crippen LogP contribution < -0.4 is 5.46 Å². The van der Waals surface area contributed by atoms with Crippen LogP contribution in [0.5, 0.6) is 0 Å². The standard InChI is InChI=1S/C28H18BNS/c29-21-12-15-26-24(18-21)23-8-4-5-9-25(23)30(26)22-13-10-20(11-14-22)28-17-16-27(31-28)19-6-2-1-3-7-19/h1-18H. The van der Waals surface area contributed by atoms with Gasteiger partial charge >= 0.3 is 0 Å². The fourth-order valence-electron chi connectivity index (χ4n) is 4.29. The van der Waals surface area contributed by atoms with Crippen LogP contribution in [-0.2, 0) is 0 Å². The van der Waals surface area contributed by atoms with Crippen molar-refractivity contribution in [3.63, 3.8) is 0 Å². The predicted molar refractivity (Wildman–Crippen MR) is 135 cm³/mol. The Labute approximate surface area is 186 Å². The van der Waals surface area contributed by atoms with Crippen LogP contribution in [0.25, 0.3) is 48.4 Å². The lowest BCUT2D eigenvalue weighted by atomic mass is 9.94. The second-order valence-electron chi connectivity index (χ2n) is 7.71. The molecule has 0 aliphatic carbocycles. The molecular weight excluding hydrogens is 393 g/mol. The monoisotopic (exact) mass is 411 g/mol. The highest BCUT2D eigenvalue weighted by Crippen LogP contribution is 2.36. The molecule has 144 valence electrons. The van der Waals surface area contributed by atoms with E-state index in [0.29, 0.717) is 0 Å². The average Bonchev–Trinajstić information content (AvgIpc) is 3.43. The SMILES string of the molecule is [B]c1ccc2c(c1)c1ccccc1n2-c1ccc(-c2ccc(-c3ccccc3)s2)cc1. The molecule has 0 saturated heterocycles. The Balaban J connectivity index is 1.44. The molecule has 2 heterocycles. The third-order valence-corrected chi connectivity index (χ3v) is 6.95. The lowest BCUT2D eigenvalue weighted by Crippen LogP contribution is -2.00. The van der Waals surface area contributed by atoms with E-state index in [1.165, 1.54) is 42.7 Å². The molecule has 0 saturated carbocycles. The number of rotatable bonds is 3. The first-order valence-corrected chi connectivity index (χ1v) is 11.1. The van der Waals surface area contributed by atoms with Gasteiger partial charge in [-0.2, -0.15) is 0 Å². The van der Waals surface area contributed by atoms with Crippen molar-refractivity contribution in [1.29, 1.82) is 0 Å². The van der Waals surface area contributed by atoms with Crippen molar-refractivity contribution < 1.29 is 0 Å². The van der Waals surface area contributed by atoms with Gasteiger partial charge < -0.3 is 4.57 Å². The average molecular weight is 411 g/mol. The van der Waals surface area contributed by atoms with Crippen LogP contribution in [0, 0.1) is 0 Å². The highest BCUT2D eigenvalue weighted by atomic mass is 32.1. The number of para-hydroxylation sites is 1. The molecule has 0 aliphatic rings. The van der Waals surface area contributed by atoms with Crippen molar-refractivity contribution in [3.05, 3.63) is 109 Å². The van der Waals surface area contributed by atoms with Gasteiger partial charge in [-0.1, -0.05) is 78.3 Å². The maximum absolute atomic E-state index is 6.08. The highest BCUT2D eigenvalue weighted by Gasteiger charge is 2.12. The Kier molecular flexibility index (Phi) is 4.29. The van der Waals surface area contributed by atoms with Gasteiger partial charge in [-0.15, -0.1) is 11.3 Å². The zero-order valence-corrected chi connectivity index (χ0v) is 17.6. The lowest BCUT2D eigenvalue weighted by Gasteiger charge is -2.09. The Morgan fingerprint density at radius 2 is 1.19 bits per heavy atom. The topological polar surface area (TPSA) is 4.93 Å². The number of hydrogen-bond acceptors (Lipinski definition) is 1. The molecule has 6 rings (SSSR count). The quantitative estimate of drug-likeness (QED) is 0.277. The van der Waals surface area contributed by atoms with Gasteiger partial charge in [-0.05, 0) is 47.5 Å². The minimum atomic E-state index is 0.790. The number of benzene rings is 4. The van der Waals surface area contributed by atoms with Crippen LogP contribution >= 0.6 is 11.3 Å². The molecule has 0 atom stereocenters. The molecule has 0 unspecified atom stereocenters. The summed E-state index contributed by atoms with van der Waals surface area (Å²) in [4.78, 5) is 2.57. The van der Waals surface area contributed by atoms with Crippen LogP contribution in [0.3, 0.4) is 0 Å². The first-order chi connectivity index (χ1) is 15.3. The van der Waals surface area contributed by atoms with Crippen LogP contribution in [-0.4, -0.2) is 12.4 Å². The van der Waals surface area contributed by atoms with Crippen molar-refractivity contribution in [2.24, 2.45) is 0 Å². The Bertz CT molecular complexity index is 1520. The first kappa shape index (κ1) is 18.2. The fourth-order valence-corrected chi connectivity index (χ4v) is 5.31. The summed E-state index contributed by atoms with van der Waals surface area (Å²) in [6, 6.07) is 38.5. The van der Waals surface area contributed by atoms with E-state index in [1.807, 2.05) is 17.4 Å². The Morgan fingerprint density at radius 1 is 0.548 bits per heavy atom. The summed E-state index contributed by atoms with van der Waals surface area (Å²) in [5, 5.41) is 2.41. The highest BCUT2D eigenvalue weighted by molar-refractivity contribution is 7.18. The molecule has 0 bridgehead atoms. The normalized spacial score (nSPS) is 11.4. The van der Waals surface area contributed by atoms with Crippen LogP contribution in [0.4, 0.5) is 0 Å². The maximum atomic E-state index is 6.08. The van der Waals surface area contributed by atoms with Gasteiger partial charge in [0.1, 0.15) is 7.85 Å². The zero-order chi connectivity index (χ0) is 20.8. The molecule has 0 N–H and O–H groups in total. The van der Waals surface area contributed by atoms with Gasteiger partial charge in [-0.3, -0.25) is 0 Å². The number of hydrogen-bond donors (Lipinski definition) is 0. The van der Waals surface area contributed by atoms with Crippen LogP contribution in [0.15, 0.2) is 109 Å². The van der Waals surface area contributed by atoms with E-state index in [9.17, 15) is 0 Å². The zero-order valence-electron chi connectivity index (χ0n) is 16.8. The van der Waals surface area contributed by atoms with Gasteiger partial charge in [0.2, 0.25) is 0 Å². The second kappa shape index (κ2) is 7.30. The summed E-state index contributed by atoms with van der Waals surface area (Å²) in [5.41, 5.74) is 6.81. The van der Waals surface area contributed by atoms with E-state index in [2.05, 4.69) is 108 Å². The molecule has 1 nitrogen and oxygen atoms in total. The van der Waals surface area contributed by atoms with E-state index in [0.717, 1.165) is 11.2 Å². The second-order valence-corrected chi connectivity index (χ2v) is 8.79. The molecule has 2 radical (unpaired) electrons. The molecule has 6 aromatic rings. The third kappa shape index (κ3) is 3.10. The van der Waals surface area contributed by atoms with Crippen molar-refractivity contribution in [3.8, 4) is 26.6 Å². The number of nitrogens with zero attached hydrogens (tertiary/aromatic N) is 1. The molecular formula is C28H18BNS. The summed E-state index contributed by atoms with van der Waals surface area (Å²) < 4.78 is 2.32. The summed E-state index contributed by atoms with van der Waals surface area (Å²) >= 11 is 1.83. The van der Waals surface area contributed by atoms with E-state index in [4.69, 9.17) is 7.85 Å². The summed E-state index contributed by atoms with van der Waals surface area (Å²) in [7, 11) is 6.08. The number of aromatic nitrogens is 1. The van der Waals surface area contributed by atoms with E-state index >= 15 is 0 Å². The molecule has 0 amide bonds. The predicted octanol–water partition coefficient (Wildman–Crippen LogP) is 6.97. The molecule has 31 heavy (non-hydrogen) atoms. The van der Waals surface area contributed by atoms with Crippen LogP contribution in [0.1, 0.15) is 0 Å². The summed E-state index contributed by atoms with van der Waals surface area (Å²) in [6.07, 6.45) is 0. The first-order valence-electron chi connectivity index (χ1n) is 10.3. The molecule has 0 aliphatic heterocycles. The third-order valence-electron chi connectivity index (χ3n) is 5.77. The lowest BCUT2D eigenvalue weighted by molar-refractivity contribution is 1.18. The van der Waals surface area contributed by atoms with Gasteiger partial charge in [0.15, 0.2) is 0 Å². The fraction of sp³-hybridized carbons (Fsp3) is 0. The summed E-state index contributed by atoms with van der Waals surface area (Å²) in [5.74, 6) is 0. The minimum Gasteiger partial charge on any atom is -0.309 e. The van der Waals surface area contributed by atoms with Crippen molar-refractivity contribution >= 4 is 46.5 Å². The summed E-state index contributed by atoms with van der Waals surface area (Å²) in [6.45, 7) is 0. The smallest absolute Gasteiger partial charge is 0.113 e. The van der Waals surface area contributed by atoms with Crippen molar-refractivity contribution in [2.45, 2.75) is 0 Å². The molecule has 0 spiro atoms. The molecule has 4 aromatic carbocycles. The Morgan fingerprint density at radius 3 is 1.97 bits per heavy atom. The maximum Gasteiger partial charge on any atom is 0.113 e. The molecule has 2 aromatic heterocycles. The molecule has 0 fully saturated rings. The van der Waals surface area contributed by atoms with Crippen molar-refractivity contribution in [2.75, 3.05) is 0 Å². The van der Waals surface area contributed by atoms with Gasteiger partial charge in [0.25, 0.3) is 0 Å².